The van der Waals surface area contributed by atoms with Crippen LogP contribution in [0.3, 0.4) is 0 Å². The van der Waals surface area contributed by atoms with Crippen LogP contribution in [0.4, 0.5) is 4.39 Å². The highest BCUT2D eigenvalue weighted by Gasteiger charge is 2.20. The number of allylic oxidation sites excluding steroid dienone is 3. The molecule has 0 bridgehead atoms. The van der Waals surface area contributed by atoms with Crippen molar-refractivity contribution >= 4 is 10.8 Å². The van der Waals surface area contributed by atoms with Crippen LogP contribution in [-0.4, -0.2) is 0 Å². The summed E-state index contributed by atoms with van der Waals surface area (Å²) in [5, 5.41) is 1.57. The first-order valence-corrected chi connectivity index (χ1v) is 11.7. The van der Waals surface area contributed by atoms with E-state index in [0.717, 1.165) is 23.8 Å². The van der Waals surface area contributed by atoms with Gasteiger partial charge in [-0.15, -0.1) is 6.58 Å². The van der Waals surface area contributed by atoms with Crippen molar-refractivity contribution in [2.24, 2.45) is 5.92 Å². The average Bonchev–Trinajstić information content (AvgIpc) is 2.84. The van der Waals surface area contributed by atoms with Gasteiger partial charge in [0.15, 0.2) is 0 Å². The third-order valence-electron chi connectivity index (χ3n) is 6.68. The van der Waals surface area contributed by atoms with Crippen LogP contribution >= 0.6 is 0 Å². The first-order chi connectivity index (χ1) is 15.7. The van der Waals surface area contributed by atoms with Gasteiger partial charge in [-0.3, -0.25) is 0 Å². The Hall–Kier alpha value is -3.11. The fraction of sp³-hybridized carbons (Fsp3) is 0.290. The SMILES string of the molecule is C=CC1CCC(c2ccc(C#Cc3ccc4cc(CC/C=C/C)ccc4c3F)cc2)CC1. The largest absolute Gasteiger partial charge is 0.205 e. The second kappa shape index (κ2) is 10.5. The standard InChI is InChI=1S/C31H31F/c1-3-5-6-7-25-13-21-30-29(22-25)20-19-28(31(30)32)18-12-24-10-16-27(17-11-24)26-14-8-23(4-2)9-15-26/h3-5,10-11,13,16-17,19-23,26H,2,6-9,14-15H2,1H3/b5-3+. The zero-order chi connectivity index (χ0) is 22.3. The smallest absolute Gasteiger partial charge is 0.146 e. The molecule has 0 spiro atoms. The second-order valence-corrected chi connectivity index (χ2v) is 8.81. The highest BCUT2D eigenvalue weighted by molar-refractivity contribution is 5.85. The molecule has 1 saturated carbocycles. The van der Waals surface area contributed by atoms with E-state index in [1.807, 2.05) is 25.1 Å². The highest BCUT2D eigenvalue weighted by atomic mass is 19.1. The Labute approximate surface area is 191 Å². The Morgan fingerprint density at radius 3 is 2.47 bits per heavy atom. The maximum absolute atomic E-state index is 15.1. The van der Waals surface area contributed by atoms with Gasteiger partial charge in [-0.05, 0) is 92.0 Å². The number of fused-ring (bicyclic) bond motifs is 1. The van der Waals surface area contributed by atoms with Crippen molar-refractivity contribution in [3.05, 3.63) is 107 Å². The summed E-state index contributed by atoms with van der Waals surface area (Å²) in [6, 6.07) is 18.3. The Balaban J connectivity index is 1.48. The molecule has 0 aliphatic heterocycles. The molecule has 32 heavy (non-hydrogen) atoms. The minimum Gasteiger partial charge on any atom is -0.205 e. The molecule has 1 heteroatoms. The fourth-order valence-corrected chi connectivity index (χ4v) is 4.68. The maximum atomic E-state index is 15.1. The summed E-state index contributed by atoms with van der Waals surface area (Å²) in [4.78, 5) is 0. The number of hydrogen-bond acceptors (Lipinski definition) is 0. The molecule has 0 nitrogen and oxygen atoms in total. The van der Waals surface area contributed by atoms with E-state index in [4.69, 9.17) is 0 Å². The van der Waals surface area contributed by atoms with Gasteiger partial charge in [0.1, 0.15) is 5.82 Å². The number of benzene rings is 3. The fourth-order valence-electron chi connectivity index (χ4n) is 4.68. The predicted molar refractivity (Wildman–Crippen MR) is 134 cm³/mol. The Bertz CT molecular complexity index is 1160. The Morgan fingerprint density at radius 1 is 0.969 bits per heavy atom. The molecule has 0 saturated heterocycles. The van der Waals surface area contributed by atoms with E-state index in [0.29, 0.717) is 22.8 Å². The Morgan fingerprint density at radius 2 is 1.75 bits per heavy atom. The van der Waals surface area contributed by atoms with Crippen LogP contribution in [0.5, 0.6) is 0 Å². The van der Waals surface area contributed by atoms with Crippen LogP contribution in [0.15, 0.2) is 79.4 Å². The molecule has 4 rings (SSSR count). The third-order valence-corrected chi connectivity index (χ3v) is 6.68. The molecule has 0 heterocycles. The zero-order valence-electron chi connectivity index (χ0n) is 18.9. The topological polar surface area (TPSA) is 0 Å². The molecule has 162 valence electrons. The van der Waals surface area contributed by atoms with Crippen molar-refractivity contribution in [2.75, 3.05) is 0 Å². The van der Waals surface area contributed by atoms with Crippen molar-refractivity contribution < 1.29 is 4.39 Å². The van der Waals surface area contributed by atoms with Crippen LogP contribution in [0.2, 0.25) is 0 Å². The maximum Gasteiger partial charge on any atom is 0.146 e. The molecule has 1 aliphatic rings. The van der Waals surface area contributed by atoms with Crippen molar-refractivity contribution in [1.82, 2.24) is 0 Å². The van der Waals surface area contributed by atoms with Gasteiger partial charge in [0.2, 0.25) is 0 Å². The number of halogens is 1. The van der Waals surface area contributed by atoms with E-state index in [-0.39, 0.29) is 5.82 Å². The number of rotatable bonds is 5. The normalized spacial score (nSPS) is 18.4. The number of aryl methyl sites for hydroxylation is 1. The average molecular weight is 423 g/mol. The Kier molecular flexibility index (Phi) is 7.23. The van der Waals surface area contributed by atoms with Gasteiger partial charge in [-0.1, -0.05) is 66.5 Å². The summed E-state index contributed by atoms with van der Waals surface area (Å²) < 4.78 is 15.1. The lowest BCUT2D eigenvalue weighted by atomic mass is 9.79. The molecule has 3 aromatic rings. The third kappa shape index (κ3) is 5.20. The van der Waals surface area contributed by atoms with E-state index in [2.05, 4.69) is 67.0 Å². The minimum absolute atomic E-state index is 0.231. The van der Waals surface area contributed by atoms with Crippen LogP contribution in [0.25, 0.3) is 10.8 Å². The predicted octanol–water partition coefficient (Wildman–Crippen LogP) is 8.35. The van der Waals surface area contributed by atoms with Crippen molar-refractivity contribution in [2.45, 2.75) is 51.4 Å². The lowest BCUT2D eigenvalue weighted by molar-refractivity contribution is 0.376. The molecule has 0 radical (unpaired) electrons. The lowest BCUT2D eigenvalue weighted by Gasteiger charge is -2.26. The van der Waals surface area contributed by atoms with E-state index in [1.165, 1.54) is 36.8 Å². The van der Waals surface area contributed by atoms with Gasteiger partial charge < -0.3 is 0 Å². The van der Waals surface area contributed by atoms with Crippen molar-refractivity contribution in [3.63, 3.8) is 0 Å². The van der Waals surface area contributed by atoms with Crippen molar-refractivity contribution in [1.29, 1.82) is 0 Å². The van der Waals surface area contributed by atoms with Gasteiger partial charge in [-0.2, -0.15) is 0 Å². The van der Waals surface area contributed by atoms with E-state index >= 15 is 4.39 Å². The quantitative estimate of drug-likeness (QED) is 0.286. The molecule has 0 unspecified atom stereocenters. The zero-order valence-corrected chi connectivity index (χ0v) is 18.9. The molecular weight excluding hydrogens is 391 g/mol. The highest BCUT2D eigenvalue weighted by Crippen LogP contribution is 2.36. The van der Waals surface area contributed by atoms with Gasteiger partial charge in [0.05, 0.1) is 5.56 Å². The summed E-state index contributed by atoms with van der Waals surface area (Å²) in [6.07, 6.45) is 13.2. The first kappa shape index (κ1) is 22.1. The monoisotopic (exact) mass is 422 g/mol. The molecule has 3 aromatic carbocycles. The summed E-state index contributed by atoms with van der Waals surface area (Å²) >= 11 is 0. The summed E-state index contributed by atoms with van der Waals surface area (Å²) in [6.45, 7) is 5.96. The van der Waals surface area contributed by atoms with Gasteiger partial charge in [0, 0.05) is 10.9 Å². The molecule has 1 aliphatic carbocycles. The molecule has 0 atom stereocenters. The van der Waals surface area contributed by atoms with Gasteiger partial charge in [0.25, 0.3) is 0 Å². The van der Waals surface area contributed by atoms with Crippen LogP contribution in [0.1, 0.15) is 67.2 Å². The summed E-state index contributed by atoms with van der Waals surface area (Å²) in [5.74, 6) is 7.27. The molecule has 0 N–H and O–H groups in total. The lowest BCUT2D eigenvalue weighted by Crippen LogP contribution is -2.11. The van der Waals surface area contributed by atoms with E-state index < -0.39 is 0 Å². The minimum atomic E-state index is -0.231. The molecule has 0 amide bonds. The van der Waals surface area contributed by atoms with Crippen molar-refractivity contribution in [3.8, 4) is 11.8 Å². The molecule has 1 fully saturated rings. The molecule has 0 aromatic heterocycles. The first-order valence-electron chi connectivity index (χ1n) is 11.7. The second-order valence-electron chi connectivity index (χ2n) is 8.81. The summed E-state index contributed by atoms with van der Waals surface area (Å²) in [7, 11) is 0. The van der Waals surface area contributed by atoms with Gasteiger partial charge >= 0.3 is 0 Å². The summed E-state index contributed by atoms with van der Waals surface area (Å²) in [5.41, 5.74) is 3.99. The van der Waals surface area contributed by atoms with E-state index in [9.17, 15) is 0 Å². The van der Waals surface area contributed by atoms with Gasteiger partial charge in [-0.25, -0.2) is 4.39 Å². The number of hydrogen-bond donors (Lipinski definition) is 0. The van der Waals surface area contributed by atoms with Crippen LogP contribution in [0, 0.1) is 23.6 Å². The van der Waals surface area contributed by atoms with Crippen LogP contribution in [-0.2, 0) is 6.42 Å². The van der Waals surface area contributed by atoms with E-state index in [1.54, 1.807) is 6.07 Å². The molecular formula is C31H31F. The van der Waals surface area contributed by atoms with Crippen LogP contribution < -0.4 is 0 Å².